The molecule has 35 heavy (non-hydrogen) atoms. The molecule has 4 aromatic rings. The molecular formula is C29H23N3O3. The molecule has 0 amide bonds. The normalized spacial score (nSPS) is 8.91. The first-order valence-corrected chi connectivity index (χ1v) is 10.6. The number of aliphatic imine (C=N–C) groups is 2. The van der Waals surface area contributed by atoms with E-state index in [1.165, 1.54) is 22.8 Å². The fourth-order valence-corrected chi connectivity index (χ4v) is 3.21. The lowest BCUT2D eigenvalue weighted by molar-refractivity contribution is 0.562. The minimum Gasteiger partial charge on any atom is -0.222 e. The van der Waals surface area contributed by atoms with Crippen LogP contribution in [-0.4, -0.2) is 18.2 Å². The Morgan fingerprint density at radius 2 is 1.00 bits per heavy atom. The lowest BCUT2D eigenvalue weighted by Crippen LogP contribution is -1.87. The van der Waals surface area contributed by atoms with Crippen LogP contribution in [0.4, 0.5) is 11.4 Å². The zero-order valence-corrected chi connectivity index (χ0v) is 18.9. The Morgan fingerprint density at radius 1 is 0.543 bits per heavy atom. The lowest BCUT2D eigenvalue weighted by atomic mass is 10.0. The van der Waals surface area contributed by atoms with Crippen molar-refractivity contribution in [2.75, 3.05) is 0 Å². The van der Waals surface area contributed by atoms with Gasteiger partial charge >= 0.3 is 0 Å². The SMILES string of the molecule is N=C=O.O=C=Nc1ccc(Cc2ccccc2)cc1.O=C=Nc1ccccc1Cc1ccccc1. The summed E-state index contributed by atoms with van der Waals surface area (Å²) in [6.07, 6.45) is 5.54. The number of hydrogen-bond acceptors (Lipinski definition) is 6. The van der Waals surface area contributed by atoms with Crippen molar-refractivity contribution in [1.82, 2.24) is 0 Å². The summed E-state index contributed by atoms with van der Waals surface area (Å²) in [6.45, 7) is 0. The third-order valence-electron chi connectivity index (χ3n) is 4.76. The van der Waals surface area contributed by atoms with Crippen LogP contribution in [0.3, 0.4) is 0 Å². The van der Waals surface area contributed by atoms with Crippen molar-refractivity contribution in [3.8, 4) is 0 Å². The Labute approximate surface area is 203 Å². The van der Waals surface area contributed by atoms with Crippen molar-refractivity contribution in [2.45, 2.75) is 12.8 Å². The predicted molar refractivity (Wildman–Crippen MR) is 135 cm³/mol. The summed E-state index contributed by atoms with van der Waals surface area (Å²) < 4.78 is 0. The van der Waals surface area contributed by atoms with Gasteiger partial charge in [0.1, 0.15) is 0 Å². The van der Waals surface area contributed by atoms with E-state index in [0.29, 0.717) is 11.4 Å². The van der Waals surface area contributed by atoms with Gasteiger partial charge in [0.15, 0.2) is 0 Å². The van der Waals surface area contributed by atoms with Gasteiger partial charge in [-0.3, -0.25) is 0 Å². The van der Waals surface area contributed by atoms with Crippen molar-refractivity contribution in [1.29, 1.82) is 5.41 Å². The number of nitrogens with one attached hydrogen (secondary N) is 1. The number of nitrogens with zero attached hydrogens (tertiary/aromatic N) is 2. The standard InChI is InChI=1S/2C14H11NO.CHNO/c16-11-15-14-9-5-4-8-13(14)10-12-6-2-1-3-7-12;16-11-15-14-8-6-13(7-9-14)10-12-4-2-1-3-5-12;2-1-3/h2*1-9H,10H2;2H. The first kappa shape index (κ1) is 26.3. The van der Waals surface area contributed by atoms with E-state index in [9.17, 15) is 9.59 Å². The van der Waals surface area contributed by atoms with Gasteiger partial charge in [-0.25, -0.2) is 19.8 Å². The van der Waals surface area contributed by atoms with E-state index in [2.05, 4.69) is 34.3 Å². The van der Waals surface area contributed by atoms with E-state index in [-0.39, 0.29) is 0 Å². The maximum Gasteiger partial charge on any atom is 0.240 e. The minimum absolute atomic E-state index is 0.645. The van der Waals surface area contributed by atoms with Crippen LogP contribution in [0.1, 0.15) is 22.3 Å². The molecule has 0 spiro atoms. The number of benzene rings is 4. The van der Waals surface area contributed by atoms with Gasteiger partial charge in [-0.05, 0) is 53.3 Å². The molecule has 6 heteroatoms. The second-order valence-electron chi connectivity index (χ2n) is 7.13. The van der Waals surface area contributed by atoms with Crippen LogP contribution >= 0.6 is 0 Å². The molecule has 0 saturated heterocycles. The number of para-hydroxylation sites is 1. The average Bonchev–Trinajstić information content (AvgIpc) is 2.89. The smallest absolute Gasteiger partial charge is 0.222 e. The fraction of sp³-hybridized carbons (Fsp3) is 0.0690. The highest BCUT2D eigenvalue weighted by molar-refractivity contribution is 5.54. The van der Waals surface area contributed by atoms with Crippen LogP contribution in [-0.2, 0) is 27.2 Å². The van der Waals surface area contributed by atoms with Crippen LogP contribution in [0.25, 0.3) is 0 Å². The number of hydrogen-bond donors (Lipinski definition) is 1. The number of isocyanates is 3. The van der Waals surface area contributed by atoms with Gasteiger partial charge < -0.3 is 0 Å². The van der Waals surface area contributed by atoms with Gasteiger partial charge in [-0.2, -0.15) is 9.98 Å². The molecule has 0 aliphatic rings. The second-order valence-corrected chi connectivity index (χ2v) is 7.13. The first-order valence-electron chi connectivity index (χ1n) is 10.6. The molecule has 0 unspecified atom stereocenters. The monoisotopic (exact) mass is 461 g/mol. The van der Waals surface area contributed by atoms with Crippen LogP contribution < -0.4 is 0 Å². The van der Waals surface area contributed by atoms with E-state index < -0.39 is 0 Å². The highest BCUT2D eigenvalue weighted by Gasteiger charge is 2.01. The van der Waals surface area contributed by atoms with Gasteiger partial charge in [-0.15, -0.1) is 0 Å². The molecule has 0 saturated carbocycles. The molecule has 0 bridgehead atoms. The molecule has 0 atom stereocenters. The Balaban J connectivity index is 0.000000222. The first-order chi connectivity index (χ1) is 17.2. The molecule has 1 N–H and O–H groups in total. The summed E-state index contributed by atoms with van der Waals surface area (Å²) in [7, 11) is 0. The Bertz CT molecular complexity index is 1300. The molecule has 0 aromatic heterocycles. The van der Waals surface area contributed by atoms with Crippen molar-refractivity contribution in [3.05, 3.63) is 131 Å². The van der Waals surface area contributed by atoms with Crippen molar-refractivity contribution < 1.29 is 14.4 Å². The Hall–Kier alpha value is -4.98. The van der Waals surface area contributed by atoms with E-state index in [4.69, 9.17) is 10.2 Å². The van der Waals surface area contributed by atoms with E-state index >= 15 is 0 Å². The summed E-state index contributed by atoms with van der Waals surface area (Å²) in [4.78, 5) is 35.9. The van der Waals surface area contributed by atoms with Gasteiger partial charge in [0, 0.05) is 0 Å². The predicted octanol–water partition coefficient (Wildman–Crippen LogP) is 6.39. The number of rotatable bonds is 6. The summed E-state index contributed by atoms with van der Waals surface area (Å²) in [6, 6.07) is 35.6. The third kappa shape index (κ3) is 10.0. The zero-order valence-electron chi connectivity index (χ0n) is 18.9. The van der Waals surface area contributed by atoms with E-state index in [1.54, 1.807) is 6.08 Å². The molecule has 172 valence electrons. The van der Waals surface area contributed by atoms with Crippen molar-refractivity contribution in [2.24, 2.45) is 9.98 Å². The molecule has 6 nitrogen and oxygen atoms in total. The summed E-state index contributed by atoms with van der Waals surface area (Å²) in [5, 5.41) is 5.40. The average molecular weight is 462 g/mol. The second kappa shape index (κ2) is 15.8. The van der Waals surface area contributed by atoms with E-state index in [1.807, 2.05) is 84.9 Å². The molecule has 4 aromatic carbocycles. The van der Waals surface area contributed by atoms with Crippen LogP contribution in [0.5, 0.6) is 0 Å². The van der Waals surface area contributed by atoms with Gasteiger partial charge in [0.25, 0.3) is 0 Å². The lowest BCUT2D eigenvalue weighted by Gasteiger charge is -2.03. The Kier molecular flexibility index (Phi) is 11.8. The third-order valence-corrected chi connectivity index (χ3v) is 4.76. The molecule has 4 rings (SSSR count). The summed E-state index contributed by atoms with van der Waals surface area (Å²) in [5.74, 6) is 0. The topological polar surface area (TPSA) is 99.8 Å². The summed E-state index contributed by atoms with van der Waals surface area (Å²) in [5.41, 5.74) is 6.06. The van der Waals surface area contributed by atoms with Gasteiger partial charge in [0.2, 0.25) is 18.2 Å². The summed E-state index contributed by atoms with van der Waals surface area (Å²) >= 11 is 0. The fourth-order valence-electron chi connectivity index (χ4n) is 3.21. The van der Waals surface area contributed by atoms with Crippen LogP contribution in [0.2, 0.25) is 0 Å². The Morgan fingerprint density at radius 3 is 1.54 bits per heavy atom. The minimum atomic E-state index is 0.645. The van der Waals surface area contributed by atoms with Crippen LogP contribution in [0, 0.1) is 5.41 Å². The maximum absolute atomic E-state index is 10.3. The molecule has 0 aliphatic heterocycles. The van der Waals surface area contributed by atoms with Gasteiger partial charge in [0.05, 0.1) is 11.4 Å². The molecule has 0 heterocycles. The van der Waals surface area contributed by atoms with E-state index in [0.717, 1.165) is 24.5 Å². The molecule has 0 aliphatic carbocycles. The molecular weight excluding hydrogens is 438 g/mol. The largest absolute Gasteiger partial charge is 0.240 e. The zero-order chi connectivity index (χ0) is 25.1. The van der Waals surface area contributed by atoms with Gasteiger partial charge in [-0.1, -0.05) is 91.0 Å². The van der Waals surface area contributed by atoms with Crippen molar-refractivity contribution in [3.63, 3.8) is 0 Å². The highest BCUT2D eigenvalue weighted by atomic mass is 16.1. The number of carbonyl (C=O) groups excluding carboxylic acids is 3. The van der Waals surface area contributed by atoms with Crippen molar-refractivity contribution >= 4 is 29.6 Å². The quantitative estimate of drug-likeness (QED) is 0.266. The molecule has 0 radical (unpaired) electrons. The maximum atomic E-state index is 10.3. The van der Waals surface area contributed by atoms with Crippen LogP contribution in [0.15, 0.2) is 119 Å². The molecule has 0 fully saturated rings. The highest BCUT2D eigenvalue weighted by Crippen LogP contribution is 2.21.